The first-order chi connectivity index (χ1) is 13.3. The second-order valence-electron chi connectivity index (χ2n) is 10.4. The van der Waals surface area contributed by atoms with Gasteiger partial charge in [0.1, 0.15) is 0 Å². The van der Waals surface area contributed by atoms with E-state index in [1.54, 1.807) is 0 Å². The van der Waals surface area contributed by atoms with E-state index in [1.165, 1.54) is 44.9 Å². The summed E-state index contributed by atoms with van der Waals surface area (Å²) in [6.45, 7) is 9.92. The van der Waals surface area contributed by atoms with Crippen molar-refractivity contribution in [3.05, 3.63) is 0 Å². The summed E-state index contributed by atoms with van der Waals surface area (Å²) in [5.41, 5.74) is 0.0996. The van der Waals surface area contributed by atoms with Crippen LogP contribution in [0.1, 0.15) is 111 Å². The van der Waals surface area contributed by atoms with Crippen molar-refractivity contribution in [2.24, 2.45) is 10.8 Å². The summed E-state index contributed by atoms with van der Waals surface area (Å²) < 4.78 is 12.1. The molecule has 1 aliphatic rings. The lowest BCUT2D eigenvalue weighted by atomic mass is 9.87. The summed E-state index contributed by atoms with van der Waals surface area (Å²) in [5.74, 6) is 0. The normalized spacial score (nSPS) is 18.8. The van der Waals surface area contributed by atoms with Crippen LogP contribution in [-0.2, 0) is 9.47 Å². The van der Waals surface area contributed by atoms with Gasteiger partial charge >= 0.3 is 0 Å². The Bertz CT molecular complexity index is 349. The van der Waals surface area contributed by atoms with E-state index in [1.807, 2.05) is 0 Å². The molecular formula is C24H48O4. The minimum atomic E-state index is 0.000365. The Morgan fingerprint density at radius 2 is 1.36 bits per heavy atom. The van der Waals surface area contributed by atoms with Crippen molar-refractivity contribution in [2.75, 3.05) is 19.8 Å². The number of unbranched alkanes of at least 4 members (excludes halogenated alkanes) is 4. The summed E-state index contributed by atoms with van der Waals surface area (Å²) in [5, 5.41) is 18.8. The molecule has 28 heavy (non-hydrogen) atoms. The summed E-state index contributed by atoms with van der Waals surface area (Å²) in [6, 6.07) is 0. The van der Waals surface area contributed by atoms with E-state index in [-0.39, 0.29) is 30.3 Å². The lowest BCUT2D eigenvalue weighted by Crippen LogP contribution is -2.28. The van der Waals surface area contributed by atoms with Crippen LogP contribution < -0.4 is 0 Å². The average Bonchev–Trinajstić information content (AvgIpc) is 2.68. The zero-order valence-corrected chi connectivity index (χ0v) is 19.2. The molecule has 0 spiro atoms. The molecule has 4 nitrogen and oxygen atoms in total. The van der Waals surface area contributed by atoms with Crippen LogP contribution in [0.2, 0.25) is 0 Å². The molecule has 1 fully saturated rings. The van der Waals surface area contributed by atoms with Gasteiger partial charge in [0.15, 0.2) is 6.29 Å². The van der Waals surface area contributed by atoms with Gasteiger partial charge in [-0.3, -0.25) is 0 Å². The number of hydrogen-bond acceptors (Lipinski definition) is 4. The maximum atomic E-state index is 9.38. The summed E-state index contributed by atoms with van der Waals surface area (Å²) in [6.07, 6.45) is 15.3. The monoisotopic (exact) mass is 400 g/mol. The van der Waals surface area contributed by atoms with Gasteiger partial charge in [0.05, 0.1) is 6.10 Å². The third-order valence-corrected chi connectivity index (χ3v) is 6.10. The van der Waals surface area contributed by atoms with E-state index in [9.17, 15) is 10.2 Å². The first kappa shape index (κ1) is 25.9. The van der Waals surface area contributed by atoms with Crippen LogP contribution in [0.3, 0.4) is 0 Å². The predicted octanol–water partition coefficient (Wildman–Crippen LogP) is 5.84. The molecule has 0 radical (unpaired) electrons. The van der Waals surface area contributed by atoms with Gasteiger partial charge in [0, 0.05) is 19.8 Å². The minimum Gasteiger partial charge on any atom is -0.396 e. The molecule has 0 amide bonds. The van der Waals surface area contributed by atoms with E-state index >= 15 is 0 Å². The lowest BCUT2D eigenvalue weighted by Gasteiger charge is -2.28. The molecule has 1 unspecified atom stereocenters. The minimum absolute atomic E-state index is 0.000365. The molecule has 0 aliphatic carbocycles. The molecule has 1 heterocycles. The number of ether oxygens (including phenoxy) is 2. The molecule has 2 N–H and O–H groups in total. The Morgan fingerprint density at radius 1 is 0.821 bits per heavy atom. The third-order valence-electron chi connectivity index (χ3n) is 6.10. The van der Waals surface area contributed by atoms with Crippen LogP contribution in [0.15, 0.2) is 0 Å². The van der Waals surface area contributed by atoms with Crippen LogP contribution in [0, 0.1) is 10.8 Å². The molecule has 0 aromatic carbocycles. The zero-order valence-electron chi connectivity index (χ0n) is 19.2. The largest absolute Gasteiger partial charge is 0.396 e. The smallest absolute Gasteiger partial charge is 0.157 e. The molecule has 1 atom stereocenters. The highest BCUT2D eigenvalue weighted by Crippen LogP contribution is 2.26. The summed E-state index contributed by atoms with van der Waals surface area (Å²) in [7, 11) is 0. The molecule has 0 bridgehead atoms. The SMILES string of the molecule is CC(C)(CO)CCCCCC(CCCCCC(C)(C)CO)OC1CCCCO1. The average molecular weight is 401 g/mol. The van der Waals surface area contributed by atoms with E-state index < -0.39 is 0 Å². The molecule has 1 saturated heterocycles. The Hall–Kier alpha value is -0.160. The number of aliphatic hydroxyl groups is 2. The Kier molecular flexibility index (Phi) is 12.9. The van der Waals surface area contributed by atoms with Crippen molar-refractivity contribution < 1.29 is 19.7 Å². The fourth-order valence-corrected chi connectivity index (χ4v) is 3.78. The van der Waals surface area contributed by atoms with Gasteiger partial charge in [-0.2, -0.15) is 0 Å². The molecule has 1 rings (SSSR count). The number of hydrogen-bond donors (Lipinski definition) is 2. The van der Waals surface area contributed by atoms with Gasteiger partial charge in [-0.1, -0.05) is 66.2 Å². The molecular weight excluding hydrogens is 352 g/mol. The van der Waals surface area contributed by atoms with Crippen LogP contribution >= 0.6 is 0 Å². The van der Waals surface area contributed by atoms with Crippen LogP contribution in [0.4, 0.5) is 0 Å². The summed E-state index contributed by atoms with van der Waals surface area (Å²) >= 11 is 0. The highest BCUT2D eigenvalue weighted by Gasteiger charge is 2.21. The lowest BCUT2D eigenvalue weighted by molar-refractivity contribution is -0.190. The Labute approximate surface area is 174 Å². The first-order valence-electron chi connectivity index (χ1n) is 11.8. The molecule has 4 heteroatoms. The second kappa shape index (κ2) is 14.0. The second-order valence-corrected chi connectivity index (χ2v) is 10.4. The maximum absolute atomic E-state index is 9.38. The Morgan fingerprint density at radius 3 is 1.79 bits per heavy atom. The molecule has 0 aromatic heterocycles. The molecule has 168 valence electrons. The maximum Gasteiger partial charge on any atom is 0.157 e. The molecule has 1 aliphatic heterocycles. The zero-order chi connectivity index (χ0) is 20.9. The molecule has 0 saturated carbocycles. The highest BCUT2D eigenvalue weighted by atomic mass is 16.7. The fourth-order valence-electron chi connectivity index (χ4n) is 3.78. The van der Waals surface area contributed by atoms with Gasteiger partial charge in [-0.05, 0) is 55.8 Å². The highest BCUT2D eigenvalue weighted by molar-refractivity contribution is 4.69. The van der Waals surface area contributed by atoms with Crippen molar-refractivity contribution >= 4 is 0 Å². The van der Waals surface area contributed by atoms with Crippen molar-refractivity contribution in [2.45, 2.75) is 124 Å². The van der Waals surface area contributed by atoms with Gasteiger partial charge < -0.3 is 19.7 Å². The fraction of sp³-hybridized carbons (Fsp3) is 1.00. The Balaban J connectivity index is 2.29. The van der Waals surface area contributed by atoms with E-state index in [0.29, 0.717) is 6.10 Å². The van der Waals surface area contributed by atoms with Crippen LogP contribution in [0.25, 0.3) is 0 Å². The molecule has 0 aromatic rings. The number of aliphatic hydroxyl groups excluding tert-OH is 2. The predicted molar refractivity (Wildman–Crippen MR) is 116 cm³/mol. The topological polar surface area (TPSA) is 58.9 Å². The van der Waals surface area contributed by atoms with Crippen LogP contribution in [-0.4, -0.2) is 42.4 Å². The number of rotatable bonds is 16. The van der Waals surface area contributed by atoms with Crippen molar-refractivity contribution in [1.82, 2.24) is 0 Å². The van der Waals surface area contributed by atoms with Gasteiger partial charge in [0.25, 0.3) is 0 Å². The van der Waals surface area contributed by atoms with E-state index in [4.69, 9.17) is 9.47 Å². The van der Waals surface area contributed by atoms with Crippen molar-refractivity contribution in [1.29, 1.82) is 0 Å². The van der Waals surface area contributed by atoms with Gasteiger partial charge in [-0.15, -0.1) is 0 Å². The van der Waals surface area contributed by atoms with E-state index in [0.717, 1.165) is 45.1 Å². The van der Waals surface area contributed by atoms with Crippen molar-refractivity contribution in [3.8, 4) is 0 Å². The quantitative estimate of drug-likeness (QED) is 0.320. The standard InChI is InChI=1S/C24H48O4/c1-23(2,19-25)16-10-5-7-13-21(28-22-15-9-12-18-27-22)14-8-6-11-17-24(3,4)20-26/h21-22,25-26H,5-20H2,1-4H3. The van der Waals surface area contributed by atoms with Gasteiger partial charge in [0.2, 0.25) is 0 Å². The third kappa shape index (κ3) is 12.4. The van der Waals surface area contributed by atoms with Crippen LogP contribution in [0.5, 0.6) is 0 Å². The first-order valence-corrected chi connectivity index (χ1v) is 11.8. The van der Waals surface area contributed by atoms with Crippen molar-refractivity contribution in [3.63, 3.8) is 0 Å². The van der Waals surface area contributed by atoms with E-state index in [2.05, 4.69) is 27.7 Å². The van der Waals surface area contributed by atoms with Gasteiger partial charge in [-0.25, -0.2) is 0 Å². The summed E-state index contributed by atoms with van der Waals surface area (Å²) in [4.78, 5) is 0.